The summed E-state index contributed by atoms with van der Waals surface area (Å²) in [5.41, 5.74) is 2.83. The van der Waals surface area contributed by atoms with E-state index in [1.165, 1.54) is 0 Å². The third-order valence-electron chi connectivity index (χ3n) is 4.26. The number of ether oxygens (including phenoxy) is 2. The van der Waals surface area contributed by atoms with Crippen molar-refractivity contribution in [3.63, 3.8) is 0 Å². The van der Waals surface area contributed by atoms with E-state index in [1.54, 1.807) is 6.26 Å². The van der Waals surface area contributed by atoms with E-state index < -0.39 is 0 Å². The molecule has 0 fully saturated rings. The van der Waals surface area contributed by atoms with Gasteiger partial charge in [-0.05, 0) is 30.7 Å². The van der Waals surface area contributed by atoms with Crippen molar-refractivity contribution in [3.8, 4) is 11.5 Å². The molecule has 1 aliphatic heterocycles. The first-order valence-corrected chi connectivity index (χ1v) is 8.31. The van der Waals surface area contributed by atoms with Gasteiger partial charge in [0, 0.05) is 10.9 Å². The molecule has 2 aromatic carbocycles. The van der Waals surface area contributed by atoms with Crippen LogP contribution in [0.15, 0.2) is 53.1 Å². The molecule has 1 aliphatic rings. The van der Waals surface area contributed by atoms with Gasteiger partial charge >= 0.3 is 0 Å². The minimum absolute atomic E-state index is 0.0641. The summed E-state index contributed by atoms with van der Waals surface area (Å²) in [5, 5.41) is 3.89. The number of hydrogen-bond donors (Lipinski definition) is 1. The van der Waals surface area contributed by atoms with E-state index in [0.29, 0.717) is 18.9 Å². The summed E-state index contributed by atoms with van der Waals surface area (Å²) in [7, 11) is 0. The monoisotopic (exact) mass is 337 g/mol. The van der Waals surface area contributed by atoms with Crippen LogP contribution in [0.3, 0.4) is 0 Å². The zero-order valence-corrected chi connectivity index (χ0v) is 14.0. The quantitative estimate of drug-likeness (QED) is 0.794. The fourth-order valence-corrected chi connectivity index (χ4v) is 2.95. The van der Waals surface area contributed by atoms with Gasteiger partial charge in [0.25, 0.3) is 0 Å². The number of rotatable bonds is 4. The first-order chi connectivity index (χ1) is 12.2. The van der Waals surface area contributed by atoms with Crippen LogP contribution in [0.25, 0.3) is 11.0 Å². The minimum Gasteiger partial charge on any atom is -0.486 e. The number of furan rings is 1. The van der Waals surface area contributed by atoms with Crippen molar-refractivity contribution >= 4 is 16.9 Å². The van der Waals surface area contributed by atoms with E-state index >= 15 is 0 Å². The molecule has 1 N–H and O–H groups in total. The molecule has 0 unspecified atom stereocenters. The number of nitrogens with one attached hydrogen (secondary N) is 1. The Balaban J connectivity index is 1.35. The summed E-state index contributed by atoms with van der Waals surface area (Å²) in [5.74, 6) is 1.39. The molecule has 4 rings (SSSR count). The van der Waals surface area contributed by atoms with Gasteiger partial charge in [0.1, 0.15) is 18.3 Å². The second-order valence-corrected chi connectivity index (χ2v) is 6.24. The maximum atomic E-state index is 12.3. The average molecular weight is 337 g/mol. The van der Waals surface area contributed by atoms with Crippen LogP contribution in [-0.2, 0) is 11.2 Å². The van der Waals surface area contributed by atoms with Crippen LogP contribution in [0.2, 0.25) is 0 Å². The topological polar surface area (TPSA) is 60.7 Å². The van der Waals surface area contributed by atoms with Gasteiger partial charge in [-0.15, -0.1) is 0 Å². The number of fused-ring (bicyclic) bond motifs is 2. The maximum Gasteiger partial charge on any atom is 0.224 e. The molecule has 2 heterocycles. The van der Waals surface area contributed by atoms with E-state index in [9.17, 15) is 4.79 Å². The lowest BCUT2D eigenvalue weighted by atomic mass is 10.1. The number of para-hydroxylation sites is 2. The molecular weight excluding hydrogens is 318 g/mol. The molecule has 0 bridgehead atoms. The average Bonchev–Trinajstić information content (AvgIpc) is 3.01. The molecule has 0 radical (unpaired) electrons. The SMILES string of the molecule is Cc1ccc2c(CC(=O)NC[C@@H]3COc4ccccc4O3)coc2c1. The van der Waals surface area contributed by atoms with Gasteiger partial charge in [-0.2, -0.15) is 0 Å². The number of hydrogen-bond acceptors (Lipinski definition) is 4. The Bertz CT molecular complexity index is 915. The lowest BCUT2D eigenvalue weighted by molar-refractivity contribution is -0.120. The van der Waals surface area contributed by atoms with Gasteiger partial charge in [0.15, 0.2) is 11.5 Å². The molecule has 128 valence electrons. The molecule has 25 heavy (non-hydrogen) atoms. The smallest absolute Gasteiger partial charge is 0.224 e. The predicted molar refractivity (Wildman–Crippen MR) is 94.0 cm³/mol. The number of carbonyl (C=O) groups excluding carboxylic acids is 1. The lowest BCUT2D eigenvalue weighted by Crippen LogP contribution is -2.41. The highest BCUT2D eigenvalue weighted by atomic mass is 16.6. The maximum absolute atomic E-state index is 12.3. The summed E-state index contributed by atoms with van der Waals surface area (Å²) in [6.45, 7) is 2.84. The molecule has 1 atom stereocenters. The van der Waals surface area contributed by atoms with E-state index in [-0.39, 0.29) is 18.4 Å². The molecule has 1 aromatic heterocycles. The molecule has 0 saturated heterocycles. The van der Waals surface area contributed by atoms with E-state index in [2.05, 4.69) is 5.32 Å². The normalized spacial score (nSPS) is 16.0. The standard InChI is InChI=1S/C20H19NO4/c1-13-6-7-16-14(11-23-19(16)8-13)9-20(22)21-10-15-12-24-17-4-2-3-5-18(17)25-15/h2-8,11,15H,9-10,12H2,1H3,(H,21,22)/t15-/m1/s1. The summed E-state index contributed by atoms with van der Waals surface area (Å²) >= 11 is 0. The second-order valence-electron chi connectivity index (χ2n) is 6.24. The Kier molecular flexibility index (Phi) is 4.06. The number of benzene rings is 2. The van der Waals surface area contributed by atoms with Crippen molar-refractivity contribution in [2.24, 2.45) is 0 Å². The third-order valence-corrected chi connectivity index (χ3v) is 4.26. The fourth-order valence-electron chi connectivity index (χ4n) is 2.95. The highest BCUT2D eigenvalue weighted by molar-refractivity contribution is 5.87. The van der Waals surface area contributed by atoms with Gasteiger partial charge in [0.05, 0.1) is 19.2 Å². The Labute approximate surface area is 145 Å². The summed E-state index contributed by atoms with van der Waals surface area (Å²) in [6.07, 6.45) is 1.74. The van der Waals surface area contributed by atoms with Crippen molar-refractivity contribution < 1.29 is 18.7 Å². The number of amides is 1. The van der Waals surface area contributed by atoms with Gasteiger partial charge < -0.3 is 19.2 Å². The van der Waals surface area contributed by atoms with Crippen LogP contribution in [0.1, 0.15) is 11.1 Å². The Hall–Kier alpha value is -2.95. The number of aryl methyl sites for hydroxylation is 1. The molecule has 0 aliphatic carbocycles. The molecule has 3 aromatic rings. The van der Waals surface area contributed by atoms with Crippen molar-refractivity contribution in [3.05, 3.63) is 59.9 Å². The molecule has 0 spiro atoms. The highest BCUT2D eigenvalue weighted by Gasteiger charge is 2.21. The van der Waals surface area contributed by atoms with Gasteiger partial charge in [-0.3, -0.25) is 4.79 Å². The van der Waals surface area contributed by atoms with Crippen LogP contribution < -0.4 is 14.8 Å². The minimum atomic E-state index is -0.192. The largest absolute Gasteiger partial charge is 0.486 e. The molecular formula is C20H19NO4. The van der Waals surface area contributed by atoms with Gasteiger partial charge in [0.2, 0.25) is 5.91 Å². The summed E-state index contributed by atoms with van der Waals surface area (Å²) < 4.78 is 17.0. The lowest BCUT2D eigenvalue weighted by Gasteiger charge is -2.26. The summed E-state index contributed by atoms with van der Waals surface area (Å²) in [6, 6.07) is 13.5. The van der Waals surface area contributed by atoms with E-state index in [0.717, 1.165) is 27.8 Å². The fraction of sp³-hybridized carbons (Fsp3) is 0.250. The van der Waals surface area contributed by atoms with E-state index in [4.69, 9.17) is 13.9 Å². The molecule has 1 amide bonds. The van der Waals surface area contributed by atoms with Crippen LogP contribution >= 0.6 is 0 Å². The van der Waals surface area contributed by atoms with Crippen molar-refractivity contribution in [1.82, 2.24) is 5.32 Å². The predicted octanol–water partition coefficient (Wildman–Crippen LogP) is 3.24. The molecule has 0 saturated carbocycles. The second kappa shape index (κ2) is 6.51. The Morgan fingerprint density at radius 3 is 2.92 bits per heavy atom. The van der Waals surface area contributed by atoms with E-state index in [1.807, 2.05) is 49.4 Å². The van der Waals surface area contributed by atoms with Crippen molar-refractivity contribution in [2.75, 3.05) is 13.2 Å². The summed E-state index contributed by atoms with van der Waals surface area (Å²) in [4.78, 5) is 12.3. The Morgan fingerprint density at radius 2 is 2.04 bits per heavy atom. The van der Waals surface area contributed by atoms with Crippen molar-refractivity contribution in [2.45, 2.75) is 19.4 Å². The van der Waals surface area contributed by atoms with Crippen LogP contribution in [0.4, 0.5) is 0 Å². The zero-order chi connectivity index (χ0) is 17.2. The molecule has 5 nitrogen and oxygen atoms in total. The van der Waals surface area contributed by atoms with Gasteiger partial charge in [-0.1, -0.05) is 24.3 Å². The molecule has 5 heteroatoms. The van der Waals surface area contributed by atoms with Crippen LogP contribution in [-0.4, -0.2) is 25.2 Å². The first kappa shape index (κ1) is 15.6. The third kappa shape index (κ3) is 3.31. The number of carbonyl (C=O) groups is 1. The highest BCUT2D eigenvalue weighted by Crippen LogP contribution is 2.30. The zero-order valence-electron chi connectivity index (χ0n) is 14.0. The van der Waals surface area contributed by atoms with Crippen LogP contribution in [0, 0.1) is 6.92 Å². The van der Waals surface area contributed by atoms with Crippen LogP contribution in [0.5, 0.6) is 11.5 Å². The first-order valence-electron chi connectivity index (χ1n) is 8.31. The van der Waals surface area contributed by atoms with Crippen molar-refractivity contribution in [1.29, 1.82) is 0 Å². The van der Waals surface area contributed by atoms with Gasteiger partial charge in [-0.25, -0.2) is 0 Å². The Morgan fingerprint density at radius 1 is 1.20 bits per heavy atom.